The summed E-state index contributed by atoms with van der Waals surface area (Å²) in [6.45, 7) is 6.06. The lowest BCUT2D eigenvalue weighted by Gasteiger charge is -2.41. The lowest BCUT2D eigenvalue weighted by molar-refractivity contribution is -0.255. The van der Waals surface area contributed by atoms with E-state index in [9.17, 15) is 9.90 Å². The normalized spacial score (nSPS) is 26.2. The summed E-state index contributed by atoms with van der Waals surface area (Å²) in [6, 6.07) is 16.0. The molecule has 3 atom stereocenters. The number of hydrogen-bond donors (Lipinski definition) is 2. The number of ether oxygens (including phenoxy) is 4. The first kappa shape index (κ1) is 25.3. The first-order valence-electron chi connectivity index (χ1n) is 12.9. The summed E-state index contributed by atoms with van der Waals surface area (Å²) < 4.78 is 24.7. The lowest BCUT2D eigenvalue weighted by Crippen LogP contribution is -2.48. The number of nitrogens with zero attached hydrogens (tertiary/aromatic N) is 1. The Balaban J connectivity index is 1.28. The van der Waals surface area contributed by atoms with E-state index in [2.05, 4.69) is 10.2 Å². The second kappa shape index (κ2) is 11.4. The van der Waals surface area contributed by atoms with Gasteiger partial charge in [-0.2, -0.15) is 0 Å². The summed E-state index contributed by atoms with van der Waals surface area (Å²) >= 11 is 0. The minimum absolute atomic E-state index is 0.00443. The highest BCUT2D eigenvalue weighted by Gasteiger charge is 2.41. The maximum Gasteiger partial charge on any atom is 0.217 e. The van der Waals surface area contributed by atoms with Crippen molar-refractivity contribution in [3.05, 3.63) is 70.8 Å². The zero-order valence-corrected chi connectivity index (χ0v) is 20.9. The van der Waals surface area contributed by atoms with Crippen LogP contribution < -0.4 is 5.32 Å². The topological polar surface area (TPSA) is 89.5 Å². The monoisotopic (exact) mass is 496 g/mol. The number of likely N-dealkylation sites (tertiary alicyclic amines) is 1. The number of aliphatic hydroxyl groups is 1. The van der Waals surface area contributed by atoms with Crippen LogP contribution in [0.15, 0.2) is 48.5 Å². The summed E-state index contributed by atoms with van der Waals surface area (Å²) in [5.41, 5.74) is 3.94. The van der Waals surface area contributed by atoms with Crippen molar-refractivity contribution < 1.29 is 28.8 Å². The van der Waals surface area contributed by atoms with Crippen LogP contribution in [0.25, 0.3) is 0 Å². The van der Waals surface area contributed by atoms with E-state index in [4.69, 9.17) is 18.9 Å². The Labute approximate surface area is 212 Å². The summed E-state index contributed by atoms with van der Waals surface area (Å²) in [5.74, 6) is -0.434. The molecule has 2 N–H and O–H groups in total. The molecule has 0 aliphatic carbocycles. The van der Waals surface area contributed by atoms with Gasteiger partial charge in [0.2, 0.25) is 5.91 Å². The van der Waals surface area contributed by atoms with Gasteiger partial charge in [-0.3, -0.25) is 4.79 Å². The number of benzene rings is 2. The van der Waals surface area contributed by atoms with Gasteiger partial charge < -0.3 is 34.3 Å². The third-order valence-corrected chi connectivity index (χ3v) is 7.30. The molecule has 1 spiro atoms. The van der Waals surface area contributed by atoms with Gasteiger partial charge in [-0.1, -0.05) is 48.5 Å². The molecule has 3 saturated heterocycles. The van der Waals surface area contributed by atoms with Gasteiger partial charge in [-0.25, -0.2) is 0 Å². The first-order valence-corrected chi connectivity index (χ1v) is 12.9. The number of carbonyl (C=O) groups excluding carboxylic acids is 1. The van der Waals surface area contributed by atoms with E-state index in [-0.39, 0.29) is 30.5 Å². The smallest absolute Gasteiger partial charge is 0.217 e. The molecule has 1 amide bonds. The number of hydrogen-bond acceptors (Lipinski definition) is 7. The van der Waals surface area contributed by atoms with Gasteiger partial charge in [0.15, 0.2) is 12.1 Å². The molecule has 8 heteroatoms. The van der Waals surface area contributed by atoms with Crippen LogP contribution in [0.4, 0.5) is 0 Å². The van der Waals surface area contributed by atoms with Gasteiger partial charge in [-0.15, -0.1) is 0 Å². The number of carbonyl (C=O) groups is 1. The maximum atomic E-state index is 11.2. The third-order valence-electron chi connectivity index (χ3n) is 7.30. The van der Waals surface area contributed by atoms with Crippen molar-refractivity contribution in [2.45, 2.75) is 63.6 Å². The molecule has 8 nitrogen and oxygen atoms in total. The van der Waals surface area contributed by atoms with Crippen LogP contribution in [0.5, 0.6) is 0 Å². The Bertz CT molecular complexity index is 996. The third kappa shape index (κ3) is 6.14. The predicted molar refractivity (Wildman–Crippen MR) is 133 cm³/mol. The van der Waals surface area contributed by atoms with E-state index in [0.717, 1.165) is 61.2 Å². The Hall–Kier alpha value is -2.33. The summed E-state index contributed by atoms with van der Waals surface area (Å²) in [5, 5.41) is 12.3. The highest BCUT2D eigenvalue weighted by Crippen LogP contribution is 2.39. The maximum absolute atomic E-state index is 11.2. The molecule has 0 bridgehead atoms. The molecule has 3 aliphatic heterocycles. The van der Waals surface area contributed by atoms with Crippen molar-refractivity contribution in [1.29, 1.82) is 0 Å². The van der Waals surface area contributed by atoms with Gasteiger partial charge in [0.25, 0.3) is 0 Å². The van der Waals surface area contributed by atoms with Crippen molar-refractivity contribution in [3.8, 4) is 0 Å². The van der Waals surface area contributed by atoms with Crippen LogP contribution in [-0.4, -0.2) is 60.7 Å². The molecular formula is C28H36N2O6. The minimum atomic E-state index is -0.487. The Morgan fingerprint density at radius 3 is 2.25 bits per heavy atom. The van der Waals surface area contributed by atoms with Gasteiger partial charge in [-0.05, 0) is 16.7 Å². The van der Waals surface area contributed by atoms with Crippen LogP contribution in [0.2, 0.25) is 0 Å². The van der Waals surface area contributed by atoms with Crippen molar-refractivity contribution in [3.63, 3.8) is 0 Å². The lowest BCUT2D eigenvalue weighted by atomic mass is 9.98. The van der Waals surface area contributed by atoms with Crippen LogP contribution in [0.3, 0.4) is 0 Å². The molecule has 0 aromatic heterocycles. The molecule has 0 saturated carbocycles. The Morgan fingerprint density at radius 2 is 1.61 bits per heavy atom. The molecule has 3 fully saturated rings. The van der Waals surface area contributed by atoms with Crippen LogP contribution in [0, 0.1) is 0 Å². The fraction of sp³-hybridized carbons (Fsp3) is 0.536. The molecule has 0 radical (unpaired) electrons. The second-order valence-electron chi connectivity index (χ2n) is 9.91. The van der Waals surface area contributed by atoms with Gasteiger partial charge in [0, 0.05) is 57.9 Å². The number of rotatable bonds is 7. The average Bonchev–Trinajstić information content (AvgIpc) is 3.37. The molecule has 0 unspecified atom stereocenters. The fourth-order valence-corrected chi connectivity index (χ4v) is 5.20. The average molecular weight is 497 g/mol. The Morgan fingerprint density at radius 1 is 0.972 bits per heavy atom. The molecule has 2 aromatic carbocycles. The van der Waals surface area contributed by atoms with Crippen molar-refractivity contribution in [2.75, 3.05) is 32.8 Å². The van der Waals surface area contributed by atoms with Crippen LogP contribution >= 0.6 is 0 Å². The van der Waals surface area contributed by atoms with Crippen molar-refractivity contribution >= 4 is 5.91 Å². The van der Waals surface area contributed by atoms with Gasteiger partial charge >= 0.3 is 0 Å². The minimum Gasteiger partial charge on any atom is -0.392 e. The van der Waals surface area contributed by atoms with E-state index in [1.165, 1.54) is 6.92 Å². The quantitative estimate of drug-likeness (QED) is 0.609. The highest BCUT2D eigenvalue weighted by molar-refractivity contribution is 5.72. The molecule has 36 heavy (non-hydrogen) atoms. The molecule has 3 aliphatic rings. The number of nitrogens with one attached hydrogen (secondary N) is 1. The van der Waals surface area contributed by atoms with Gasteiger partial charge in [0.05, 0.1) is 32.0 Å². The summed E-state index contributed by atoms with van der Waals surface area (Å²) in [4.78, 5) is 13.7. The Kier molecular flexibility index (Phi) is 8.00. The molecular weight excluding hydrogens is 460 g/mol. The predicted octanol–water partition coefficient (Wildman–Crippen LogP) is 3.20. The zero-order valence-electron chi connectivity index (χ0n) is 20.9. The van der Waals surface area contributed by atoms with Gasteiger partial charge in [0.1, 0.15) is 0 Å². The van der Waals surface area contributed by atoms with Crippen LogP contribution in [-0.2, 0) is 36.9 Å². The molecule has 3 heterocycles. The van der Waals surface area contributed by atoms with E-state index in [1.54, 1.807) is 0 Å². The molecule has 5 rings (SSSR count). The van der Waals surface area contributed by atoms with E-state index in [1.807, 2.05) is 48.5 Å². The zero-order chi connectivity index (χ0) is 25.0. The number of amides is 1. The van der Waals surface area contributed by atoms with E-state index >= 15 is 0 Å². The highest BCUT2D eigenvalue weighted by atomic mass is 16.7. The van der Waals surface area contributed by atoms with E-state index < -0.39 is 6.29 Å². The van der Waals surface area contributed by atoms with E-state index in [0.29, 0.717) is 19.8 Å². The van der Waals surface area contributed by atoms with Crippen LogP contribution in [0.1, 0.15) is 60.8 Å². The standard InChI is InChI=1S/C28H36N2O6/c1-20(32)29-17-21-2-8-24(9-3-21)27-35-25(16-26(36-27)23-6-4-22(19-31)5-7-23)18-30-12-10-28(11-13-30)33-14-15-34-28/h2-9,25-27,31H,10-19H2,1H3,(H,29,32)/t25-,26+,27+/m1/s1. The summed E-state index contributed by atoms with van der Waals surface area (Å²) in [6.07, 6.45) is 1.91. The van der Waals surface area contributed by atoms with Crippen molar-refractivity contribution in [2.24, 2.45) is 0 Å². The SMILES string of the molecule is CC(=O)NCc1ccc([C@H]2O[C@@H](CN3CCC4(CC3)OCCO4)C[C@@H](c3ccc(CO)cc3)O2)cc1. The molecule has 2 aromatic rings. The first-order chi connectivity index (χ1) is 17.5. The summed E-state index contributed by atoms with van der Waals surface area (Å²) in [7, 11) is 0. The fourth-order valence-electron chi connectivity index (χ4n) is 5.20. The number of piperidine rings is 1. The molecule has 194 valence electrons. The second-order valence-corrected chi connectivity index (χ2v) is 9.91. The number of aliphatic hydroxyl groups excluding tert-OH is 1. The largest absolute Gasteiger partial charge is 0.392 e. The van der Waals surface area contributed by atoms with Crippen molar-refractivity contribution in [1.82, 2.24) is 10.2 Å².